The summed E-state index contributed by atoms with van der Waals surface area (Å²) in [5.41, 5.74) is 7.95. The zero-order valence-electron chi connectivity index (χ0n) is 38.8. The fourth-order valence-corrected chi connectivity index (χ4v) is 9.98. The third-order valence-corrected chi connectivity index (χ3v) is 14.3. The van der Waals surface area contributed by atoms with E-state index in [4.69, 9.17) is 32.7 Å². The molecule has 0 unspecified atom stereocenters. The summed E-state index contributed by atoms with van der Waals surface area (Å²) < 4.78 is 12.6. The average molecular weight is 1100 g/mol. The summed E-state index contributed by atoms with van der Waals surface area (Å²) in [5.74, 6) is 1.48. The molecule has 71 heavy (non-hydrogen) atoms. The lowest BCUT2D eigenvalue weighted by Crippen LogP contribution is -2.15. The number of ether oxygens (including phenoxy) is 2. The van der Waals surface area contributed by atoms with Gasteiger partial charge in [-0.25, -0.2) is 0 Å². The van der Waals surface area contributed by atoms with E-state index < -0.39 is 0 Å². The van der Waals surface area contributed by atoms with Crippen molar-refractivity contribution in [2.75, 3.05) is 29.3 Å². The lowest BCUT2D eigenvalue weighted by molar-refractivity contribution is 0.414. The zero-order valence-corrected chi connectivity index (χ0v) is 43.5. The van der Waals surface area contributed by atoms with Crippen LogP contribution in [0.15, 0.2) is 252 Å². The van der Waals surface area contributed by atoms with Crippen LogP contribution in [0.25, 0.3) is 32.3 Å². The molecule has 0 spiro atoms. The Bertz CT molecular complexity index is 3380. The van der Waals surface area contributed by atoms with E-state index >= 15 is 0 Å². The molecule has 0 amide bonds. The smallest absolute Gasteiger partial charge is 0.123 e. The second-order valence-electron chi connectivity index (χ2n) is 16.2. The highest BCUT2D eigenvalue weighted by Gasteiger charge is 2.25. The Morgan fingerprint density at radius 2 is 0.732 bits per heavy atom. The standard InChI is InChI=1S/C39H29ClN2O.C16H13N.C7H5Br2ClO/c1-43-32-26-37(41(30-18-4-2-5-19-30)35-24-12-16-28-14-8-10-22-33(28)35)39(40)38(27-32)42(31-20-6-3-7-21-31)36-25-13-17-29-15-9-11-23-34(29)36;1-2-9-14(10-3-1)17-16-12-6-8-13-7-4-5-11-15(13)16;1-11-4-2-5(8)7(10)6(9)3-4/h2-27H,1H3;1-12,17H;2-3H,1H3. The van der Waals surface area contributed by atoms with Crippen LogP contribution < -0.4 is 24.6 Å². The molecule has 5 nitrogen and oxygen atoms in total. The first kappa shape index (κ1) is 48.8. The number of hydrogen-bond donors (Lipinski definition) is 1. The average Bonchev–Trinajstić information content (AvgIpc) is 3.42. The maximum absolute atomic E-state index is 7.59. The van der Waals surface area contributed by atoms with Gasteiger partial charge in [0, 0.05) is 60.0 Å². The molecule has 1 N–H and O–H groups in total. The van der Waals surface area contributed by atoms with Crippen LogP contribution >= 0.6 is 55.1 Å². The lowest BCUT2D eigenvalue weighted by Gasteiger charge is -2.32. The molecule has 0 heterocycles. The minimum Gasteiger partial charge on any atom is -0.497 e. The number of methoxy groups -OCH3 is 2. The van der Waals surface area contributed by atoms with Crippen LogP contribution in [0.1, 0.15) is 0 Å². The van der Waals surface area contributed by atoms with Gasteiger partial charge in [-0.1, -0.05) is 187 Å². The maximum Gasteiger partial charge on any atom is 0.123 e. The molecule has 0 aliphatic carbocycles. The highest BCUT2D eigenvalue weighted by Crippen LogP contribution is 2.50. The van der Waals surface area contributed by atoms with Crippen LogP contribution in [0, 0.1) is 0 Å². The van der Waals surface area contributed by atoms with Gasteiger partial charge >= 0.3 is 0 Å². The van der Waals surface area contributed by atoms with Crippen molar-refractivity contribution in [3.8, 4) is 11.5 Å². The van der Waals surface area contributed by atoms with Crippen LogP contribution in [0.2, 0.25) is 10.0 Å². The monoisotopic (exact) mass is 1090 g/mol. The molecule has 0 aliphatic rings. The van der Waals surface area contributed by atoms with Gasteiger partial charge in [-0.15, -0.1) is 0 Å². The number of nitrogens with one attached hydrogen (secondary N) is 1. The van der Waals surface area contributed by atoms with Gasteiger partial charge in [-0.3, -0.25) is 0 Å². The van der Waals surface area contributed by atoms with Gasteiger partial charge in [0.15, 0.2) is 0 Å². The summed E-state index contributed by atoms with van der Waals surface area (Å²) in [5, 5.41) is 11.8. The van der Waals surface area contributed by atoms with E-state index in [1.54, 1.807) is 14.2 Å². The number of hydrogen-bond acceptors (Lipinski definition) is 5. The van der Waals surface area contributed by atoms with Crippen molar-refractivity contribution in [2.45, 2.75) is 0 Å². The van der Waals surface area contributed by atoms with Crippen LogP contribution in [0.5, 0.6) is 11.5 Å². The van der Waals surface area contributed by atoms with Crippen LogP contribution in [-0.4, -0.2) is 14.2 Å². The molecule has 9 heteroatoms. The normalized spacial score (nSPS) is 10.7. The molecule has 0 fully saturated rings. The van der Waals surface area contributed by atoms with Crippen LogP contribution in [-0.2, 0) is 0 Å². The first-order valence-electron chi connectivity index (χ1n) is 22.8. The summed E-state index contributed by atoms with van der Waals surface area (Å²) in [7, 11) is 3.31. The van der Waals surface area contributed by atoms with Gasteiger partial charge in [0.05, 0.1) is 47.0 Å². The van der Waals surface area contributed by atoms with Crippen molar-refractivity contribution in [1.29, 1.82) is 0 Å². The van der Waals surface area contributed by atoms with Crippen molar-refractivity contribution in [2.24, 2.45) is 0 Å². The Morgan fingerprint density at radius 3 is 1.20 bits per heavy atom. The molecule has 0 bridgehead atoms. The SMILES string of the molecule is COc1cc(Br)c(Cl)c(Br)c1.COc1cc(N(c2ccccc2)c2cccc3ccccc23)c(Cl)c(N(c2ccccc2)c2cccc3ccccc23)c1.c1ccc(Nc2cccc3ccccc23)cc1. The van der Waals surface area contributed by atoms with Crippen molar-refractivity contribution >= 4 is 133 Å². The molecule has 11 aromatic rings. The van der Waals surface area contributed by atoms with E-state index in [-0.39, 0.29) is 0 Å². The van der Waals surface area contributed by atoms with Crippen molar-refractivity contribution in [3.63, 3.8) is 0 Å². The summed E-state index contributed by atoms with van der Waals surface area (Å²) in [6.45, 7) is 0. The largest absolute Gasteiger partial charge is 0.497 e. The lowest BCUT2D eigenvalue weighted by atomic mass is 10.0. The number of fused-ring (bicyclic) bond motifs is 3. The highest BCUT2D eigenvalue weighted by molar-refractivity contribution is 9.11. The predicted molar refractivity (Wildman–Crippen MR) is 309 cm³/mol. The predicted octanol–water partition coefficient (Wildman–Crippen LogP) is 20.1. The second-order valence-corrected chi connectivity index (χ2v) is 18.7. The minimum absolute atomic E-state index is 0.606. The number of para-hydroxylation sites is 3. The van der Waals surface area contributed by atoms with Crippen LogP contribution in [0.4, 0.5) is 45.5 Å². The Hall–Kier alpha value is -7.26. The minimum atomic E-state index is 0.606. The van der Waals surface area contributed by atoms with Gasteiger partial charge < -0.3 is 24.6 Å². The molecule has 11 rings (SSSR count). The number of nitrogens with zero attached hydrogens (tertiary/aromatic N) is 2. The van der Waals surface area contributed by atoms with Crippen molar-refractivity contribution in [1.82, 2.24) is 0 Å². The molecular formula is C62H47Br2Cl2N3O2. The number of rotatable bonds is 10. The maximum atomic E-state index is 7.59. The number of halogens is 4. The topological polar surface area (TPSA) is 37.0 Å². The Kier molecular flexibility index (Phi) is 15.9. The van der Waals surface area contributed by atoms with E-state index in [0.717, 1.165) is 81.7 Å². The van der Waals surface area contributed by atoms with Gasteiger partial charge in [-0.2, -0.15) is 0 Å². The Balaban J connectivity index is 0.000000181. The molecule has 0 saturated carbocycles. The quantitative estimate of drug-likeness (QED) is 0.138. The Labute approximate surface area is 441 Å². The van der Waals surface area contributed by atoms with Crippen molar-refractivity contribution in [3.05, 3.63) is 262 Å². The van der Waals surface area contributed by atoms with Crippen LogP contribution in [0.3, 0.4) is 0 Å². The van der Waals surface area contributed by atoms with Crippen molar-refractivity contribution < 1.29 is 9.47 Å². The fraction of sp³-hybridized carbons (Fsp3) is 0.0323. The Morgan fingerprint density at radius 1 is 0.366 bits per heavy atom. The molecule has 0 aromatic heterocycles. The molecule has 0 radical (unpaired) electrons. The molecule has 0 aliphatic heterocycles. The molecule has 350 valence electrons. The molecule has 0 atom stereocenters. The molecule has 11 aromatic carbocycles. The van der Waals surface area contributed by atoms with Gasteiger partial charge in [0.25, 0.3) is 0 Å². The van der Waals surface area contributed by atoms with E-state index in [2.05, 4.69) is 235 Å². The number of anilines is 8. The summed E-state index contributed by atoms with van der Waals surface area (Å²) in [4.78, 5) is 4.45. The molecular weight excluding hydrogens is 1050 g/mol. The van der Waals surface area contributed by atoms with Gasteiger partial charge in [0.2, 0.25) is 0 Å². The van der Waals surface area contributed by atoms with E-state index in [1.807, 2.05) is 54.6 Å². The highest BCUT2D eigenvalue weighted by atomic mass is 79.9. The van der Waals surface area contributed by atoms with E-state index in [9.17, 15) is 0 Å². The third-order valence-electron chi connectivity index (χ3n) is 11.8. The zero-order chi connectivity index (χ0) is 49.1. The van der Waals surface area contributed by atoms with E-state index in [1.165, 1.54) is 10.8 Å². The first-order chi connectivity index (χ1) is 34.8. The number of benzene rings is 11. The van der Waals surface area contributed by atoms with E-state index in [0.29, 0.717) is 15.8 Å². The summed E-state index contributed by atoms with van der Waals surface area (Å²) in [6.07, 6.45) is 0. The second kappa shape index (κ2) is 23.1. The summed E-state index contributed by atoms with van der Waals surface area (Å²) >= 11 is 20.0. The third kappa shape index (κ3) is 11.2. The fourth-order valence-electron chi connectivity index (χ4n) is 8.45. The first-order valence-corrected chi connectivity index (χ1v) is 25.2. The van der Waals surface area contributed by atoms with Gasteiger partial charge in [-0.05, 0) is 115 Å². The summed E-state index contributed by atoms with van der Waals surface area (Å²) in [6, 6.07) is 82.9. The molecule has 0 saturated heterocycles. The van der Waals surface area contributed by atoms with Gasteiger partial charge in [0.1, 0.15) is 11.5 Å².